The van der Waals surface area contributed by atoms with E-state index in [4.69, 9.17) is 28.3 Å². The predicted molar refractivity (Wildman–Crippen MR) is 289 cm³/mol. The Morgan fingerprint density at radius 3 is 0.831 bits per heavy atom. The summed E-state index contributed by atoms with van der Waals surface area (Å²) < 4.78 is 36.5. The lowest BCUT2D eigenvalue weighted by molar-refractivity contribution is 0.00578. The zero-order chi connectivity index (χ0) is 50.2. The predicted octanol–water partition coefficient (Wildman–Crippen LogP) is 14.3. The van der Waals surface area contributed by atoms with E-state index in [-0.39, 0.29) is 0 Å². The van der Waals surface area contributed by atoms with E-state index in [1.165, 1.54) is 50.4 Å². The number of hydrogen-bond donors (Lipinski definition) is 0. The van der Waals surface area contributed by atoms with Gasteiger partial charge in [0.15, 0.2) is 0 Å². The van der Waals surface area contributed by atoms with Crippen LogP contribution in [0, 0.1) is 0 Å². The highest BCUT2D eigenvalue weighted by atomic mass is 16.7. The third kappa shape index (κ3) is 6.96. The van der Waals surface area contributed by atoms with Crippen LogP contribution in [0.15, 0.2) is 133 Å². The first-order valence-corrected chi connectivity index (χ1v) is 24.6. The van der Waals surface area contributed by atoms with Gasteiger partial charge in [-0.15, -0.1) is 0 Å². The Balaban J connectivity index is 1.22. The van der Waals surface area contributed by atoms with E-state index in [1.54, 1.807) is 28.4 Å². The largest absolute Gasteiger partial charge is 0.497 e. The average molecular weight is 946 g/mol. The molecular formula is C61H64BN3O6. The van der Waals surface area contributed by atoms with Crippen molar-refractivity contribution in [3.05, 3.63) is 167 Å². The standard InChI is InChI=1S/C61H64BN3O6/c1-57(2)48-31-37(62-70-60(7,8)61(9,10)71-62)32-49-54(48)65-55-50(57)33-42(63(38-15-23-44(66-11)24-16-38)39-17-25-45(67-12)26-18-39)35-52(55)59(5,6)53-36-43(34-51(56(53)65)58(49,3)4)64(40-19-27-46(68-13)28-20-40)41-21-29-47(69-14)30-22-41/h15-36H,1-14H3. The molecule has 11 rings (SSSR count). The van der Waals surface area contributed by atoms with Crippen LogP contribution in [0.4, 0.5) is 51.2 Å². The molecule has 0 saturated carbocycles. The molecular weight excluding hydrogens is 881 g/mol. The third-order valence-electron chi connectivity index (χ3n) is 16.4. The van der Waals surface area contributed by atoms with Gasteiger partial charge in [0.2, 0.25) is 0 Å². The van der Waals surface area contributed by atoms with Crippen LogP contribution in [-0.4, -0.2) is 46.8 Å². The third-order valence-corrected chi connectivity index (χ3v) is 16.4. The Hall–Kier alpha value is -6.88. The molecule has 362 valence electrons. The topological polar surface area (TPSA) is 65.1 Å². The van der Waals surface area contributed by atoms with Crippen LogP contribution in [0.5, 0.6) is 23.0 Å². The molecule has 7 aromatic carbocycles. The van der Waals surface area contributed by atoms with Crippen molar-refractivity contribution in [1.82, 2.24) is 0 Å². The molecule has 10 heteroatoms. The lowest BCUT2D eigenvalue weighted by Gasteiger charge is -2.55. The molecule has 0 radical (unpaired) electrons. The van der Waals surface area contributed by atoms with E-state index < -0.39 is 34.6 Å². The maximum absolute atomic E-state index is 6.89. The molecule has 0 aliphatic carbocycles. The molecule has 4 aliphatic heterocycles. The van der Waals surface area contributed by atoms with Crippen LogP contribution in [0.1, 0.15) is 103 Å². The Bertz CT molecular complexity index is 2930. The average Bonchev–Trinajstić information content (AvgIpc) is 3.59. The molecule has 0 amide bonds. The van der Waals surface area contributed by atoms with E-state index in [0.717, 1.165) is 62.6 Å². The van der Waals surface area contributed by atoms with Gasteiger partial charge in [0.05, 0.1) is 56.7 Å². The van der Waals surface area contributed by atoms with Crippen LogP contribution in [0.3, 0.4) is 0 Å². The molecule has 9 nitrogen and oxygen atoms in total. The second-order valence-corrected chi connectivity index (χ2v) is 22.0. The van der Waals surface area contributed by atoms with Gasteiger partial charge in [-0.05, 0) is 188 Å². The molecule has 7 aromatic rings. The van der Waals surface area contributed by atoms with Gasteiger partial charge in [-0.3, -0.25) is 0 Å². The van der Waals surface area contributed by atoms with Gasteiger partial charge in [-0.1, -0.05) is 53.7 Å². The summed E-state index contributed by atoms with van der Waals surface area (Å²) in [4.78, 5) is 7.34. The van der Waals surface area contributed by atoms with Gasteiger partial charge >= 0.3 is 7.12 Å². The second kappa shape index (κ2) is 16.1. The van der Waals surface area contributed by atoms with Gasteiger partial charge in [0.1, 0.15) is 23.0 Å². The zero-order valence-corrected chi connectivity index (χ0v) is 43.6. The number of methoxy groups -OCH3 is 4. The van der Waals surface area contributed by atoms with Crippen molar-refractivity contribution < 1.29 is 28.3 Å². The Morgan fingerprint density at radius 1 is 0.352 bits per heavy atom. The monoisotopic (exact) mass is 945 g/mol. The van der Waals surface area contributed by atoms with E-state index in [1.807, 2.05) is 48.5 Å². The molecule has 4 aliphatic rings. The molecule has 71 heavy (non-hydrogen) atoms. The minimum absolute atomic E-state index is 0.466. The maximum atomic E-state index is 6.89. The summed E-state index contributed by atoms with van der Waals surface area (Å²) >= 11 is 0. The molecule has 4 heterocycles. The van der Waals surface area contributed by atoms with Gasteiger partial charge in [-0.25, -0.2) is 0 Å². The van der Waals surface area contributed by atoms with Crippen LogP contribution >= 0.6 is 0 Å². The van der Waals surface area contributed by atoms with Crippen molar-refractivity contribution in [3.63, 3.8) is 0 Å². The Labute approximate surface area is 420 Å². The Kier molecular flexibility index (Phi) is 10.5. The summed E-state index contributed by atoms with van der Waals surface area (Å²) in [6.07, 6.45) is 0. The summed E-state index contributed by atoms with van der Waals surface area (Å²) in [6, 6.07) is 47.8. The number of rotatable bonds is 11. The molecule has 0 spiro atoms. The number of anilines is 9. The van der Waals surface area contributed by atoms with Crippen molar-refractivity contribution in [2.45, 2.75) is 96.7 Å². The van der Waals surface area contributed by atoms with E-state index in [0.29, 0.717) is 0 Å². The fourth-order valence-corrected chi connectivity index (χ4v) is 11.4. The summed E-state index contributed by atoms with van der Waals surface area (Å²) in [5.74, 6) is 3.19. The fraction of sp³-hybridized carbons (Fsp3) is 0.311. The summed E-state index contributed by atoms with van der Waals surface area (Å²) in [7, 11) is 6.28. The van der Waals surface area contributed by atoms with Crippen molar-refractivity contribution in [2.75, 3.05) is 43.1 Å². The minimum atomic E-state index is -0.554. The molecule has 0 bridgehead atoms. The molecule has 0 N–H and O–H groups in total. The first-order chi connectivity index (χ1) is 33.7. The SMILES string of the molecule is COc1ccc(N(c2ccc(OC)cc2)c2cc3c4c(c2)C(C)(C)c2cc(N(c5ccc(OC)cc5)c5ccc(OC)cc5)cc5c2N4c2c(cc(B4OC(C)(C)C(C)(C)O4)cc2C5(C)C)C3(C)C)cc1. The maximum Gasteiger partial charge on any atom is 0.494 e. The summed E-state index contributed by atoms with van der Waals surface area (Å²) in [6.45, 7) is 22.9. The smallest absolute Gasteiger partial charge is 0.494 e. The molecule has 0 unspecified atom stereocenters. The molecule has 0 atom stereocenters. The van der Waals surface area contributed by atoms with E-state index >= 15 is 0 Å². The second-order valence-electron chi connectivity index (χ2n) is 22.0. The van der Waals surface area contributed by atoms with Crippen LogP contribution in [-0.2, 0) is 25.6 Å². The highest BCUT2D eigenvalue weighted by molar-refractivity contribution is 6.62. The van der Waals surface area contributed by atoms with Crippen LogP contribution in [0.2, 0.25) is 0 Å². The highest BCUT2D eigenvalue weighted by Crippen LogP contribution is 2.67. The molecule has 0 aromatic heterocycles. The van der Waals surface area contributed by atoms with Gasteiger partial charge in [0.25, 0.3) is 0 Å². The number of benzene rings is 7. The van der Waals surface area contributed by atoms with Gasteiger partial charge < -0.3 is 43.0 Å². The van der Waals surface area contributed by atoms with Crippen LogP contribution in [0.25, 0.3) is 0 Å². The number of ether oxygens (including phenoxy) is 4. The van der Waals surface area contributed by atoms with Crippen molar-refractivity contribution in [2.24, 2.45) is 0 Å². The fourth-order valence-electron chi connectivity index (χ4n) is 11.4. The Morgan fingerprint density at radius 2 is 0.592 bits per heavy atom. The first-order valence-electron chi connectivity index (χ1n) is 24.6. The lowest BCUT2D eigenvalue weighted by atomic mass is 9.59. The first kappa shape index (κ1) is 46.5. The molecule has 1 fully saturated rings. The normalized spacial score (nSPS) is 17.5. The summed E-state index contributed by atoms with van der Waals surface area (Å²) in [5.41, 5.74) is 15.9. The van der Waals surface area contributed by atoms with Crippen molar-refractivity contribution >= 4 is 63.8 Å². The zero-order valence-electron chi connectivity index (χ0n) is 43.6. The van der Waals surface area contributed by atoms with Gasteiger partial charge in [0, 0.05) is 50.4 Å². The van der Waals surface area contributed by atoms with Gasteiger partial charge in [-0.2, -0.15) is 0 Å². The minimum Gasteiger partial charge on any atom is -0.497 e. The number of nitrogens with zero attached hydrogens (tertiary/aromatic N) is 3. The quantitative estimate of drug-likeness (QED) is 0.118. The van der Waals surface area contributed by atoms with Crippen molar-refractivity contribution in [1.29, 1.82) is 0 Å². The lowest BCUT2D eigenvalue weighted by Crippen LogP contribution is -2.46. The van der Waals surface area contributed by atoms with E-state index in [2.05, 4.69) is 169 Å². The highest BCUT2D eigenvalue weighted by Gasteiger charge is 2.56. The number of hydrogen-bond acceptors (Lipinski definition) is 9. The van der Waals surface area contributed by atoms with E-state index in [9.17, 15) is 0 Å². The van der Waals surface area contributed by atoms with Crippen molar-refractivity contribution in [3.8, 4) is 23.0 Å². The molecule has 1 saturated heterocycles. The summed E-state index contributed by atoms with van der Waals surface area (Å²) in [5, 5.41) is 0. The van der Waals surface area contributed by atoms with Crippen LogP contribution < -0.4 is 39.1 Å².